The maximum absolute atomic E-state index is 13.0. The van der Waals surface area contributed by atoms with Crippen molar-refractivity contribution in [3.63, 3.8) is 0 Å². The van der Waals surface area contributed by atoms with Gasteiger partial charge in [-0.1, -0.05) is 0 Å². The van der Waals surface area contributed by atoms with E-state index in [1.165, 1.54) is 32.1 Å². The molecule has 0 bridgehead atoms. The number of fused-ring (bicyclic) bond motifs is 1. The lowest BCUT2D eigenvalue weighted by Gasteiger charge is -2.46. The molecule has 5 N–H and O–H groups in total. The lowest BCUT2D eigenvalue weighted by atomic mass is 9.75. The zero-order valence-corrected chi connectivity index (χ0v) is 24.1. The molecule has 6 rings (SSSR count). The van der Waals surface area contributed by atoms with Crippen molar-refractivity contribution in [1.82, 2.24) is 46.0 Å². The molecule has 4 aliphatic rings. The molecule has 2 unspecified atom stereocenters. The Morgan fingerprint density at radius 2 is 2.07 bits per heavy atom. The van der Waals surface area contributed by atoms with Crippen molar-refractivity contribution in [3.8, 4) is 0 Å². The van der Waals surface area contributed by atoms with Gasteiger partial charge in [0.05, 0.1) is 42.2 Å². The fourth-order valence-electron chi connectivity index (χ4n) is 6.22. The first-order chi connectivity index (χ1) is 19.9. The second-order valence-corrected chi connectivity index (χ2v) is 11.4. The summed E-state index contributed by atoms with van der Waals surface area (Å²) in [5.74, 6) is 1.19. The van der Waals surface area contributed by atoms with Crippen LogP contribution in [0.15, 0.2) is 42.1 Å². The number of amides is 1. The van der Waals surface area contributed by atoms with Gasteiger partial charge in [0.2, 0.25) is 5.95 Å². The van der Waals surface area contributed by atoms with Gasteiger partial charge in [0.1, 0.15) is 6.17 Å². The zero-order chi connectivity index (χ0) is 28.4. The molecule has 1 aliphatic carbocycles. The summed E-state index contributed by atoms with van der Waals surface area (Å²) in [4.78, 5) is 24.9. The Bertz CT molecular complexity index is 1320. The number of hydrogen-bond donors (Lipinski definition) is 5. The van der Waals surface area contributed by atoms with Gasteiger partial charge < -0.3 is 26.0 Å². The standard InChI is InChI=1S/C28H41N11O2/c1-19-23(14-20(15-30-19)26(40)29-9-11-38-10-5-8-28(38)6-4-7-28)34-24-22-17-31-27(35-25(22)37(2)36-24)33-21-16-32-39(18-21)12-13-41-3/h14-19,24,30,34,36H,4-13H2,1-3H3,(H,29,40)(H,31,33,35). The summed E-state index contributed by atoms with van der Waals surface area (Å²) in [6, 6.07) is 0.0160. The van der Waals surface area contributed by atoms with E-state index in [2.05, 4.69) is 48.6 Å². The summed E-state index contributed by atoms with van der Waals surface area (Å²) in [5, 5.41) is 19.4. The highest BCUT2D eigenvalue weighted by atomic mass is 16.5. The Balaban J connectivity index is 1.06. The van der Waals surface area contributed by atoms with Crippen molar-refractivity contribution >= 4 is 23.4 Å². The van der Waals surface area contributed by atoms with E-state index in [4.69, 9.17) is 9.72 Å². The van der Waals surface area contributed by atoms with Crippen LogP contribution in [-0.4, -0.2) is 82.5 Å². The van der Waals surface area contributed by atoms with E-state index < -0.39 is 0 Å². The van der Waals surface area contributed by atoms with Gasteiger partial charge >= 0.3 is 0 Å². The third kappa shape index (κ3) is 5.74. The number of carbonyl (C=O) groups is 1. The summed E-state index contributed by atoms with van der Waals surface area (Å²) in [6.45, 7) is 6.05. The molecule has 2 fully saturated rings. The van der Waals surface area contributed by atoms with Gasteiger partial charge in [0.15, 0.2) is 5.82 Å². The first kappa shape index (κ1) is 27.5. The molecule has 13 heteroatoms. The lowest BCUT2D eigenvalue weighted by molar-refractivity contribution is -0.117. The van der Waals surface area contributed by atoms with Gasteiger partial charge in [0, 0.05) is 57.1 Å². The fraction of sp³-hybridized carbons (Fsp3) is 0.571. The monoisotopic (exact) mass is 563 g/mol. The fourth-order valence-corrected chi connectivity index (χ4v) is 6.22. The van der Waals surface area contributed by atoms with Crippen LogP contribution in [0.3, 0.4) is 0 Å². The van der Waals surface area contributed by atoms with E-state index in [9.17, 15) is 4.79 Å². The third-order valence-electron chi connectivity index (χ3n) is 8.69. The van der Waals surface area contributed by atoms with Gasteiger partial charge in [-0.3, -0.25) is 19.4 Å². The highest BCUT2D eigenvalue weighted by molar-refractivity contribution is 5.96. The molecule has 1 spiro atoms. The smallest absolute Gasteiger partial charge is 0.252 e. The van der Waals surface area contributed by atoms with E-state index in [0.717, 1.165) is 35.9 Å². The number of rotatable bonds is 11. The average molecular weight is 564 g/mol. The molecule has 1 saturated carbocycles. The van der Waals surface area contributed by atoms with E-state index in [1.807, 2.05) is 30.5 Å². The molecule has 5 heterocycles. The number of hydrogen-bond acceptors (Lipinski definition) is 11. The van der Waals surface area contributed by atoms with Crippen molar-refractivity contribution in [3.05, 3.63) is 47.7 Å². The number of carbonyl (C=O) groups excluding carboxylic acids is 1. The molecular weight excluding hydrogens is 522 g/mol. The first-order valence-electron chi connectivity index (χ1n) is 14.6. The van der Waals surface area contributed by atoms with Crippen LogP contribution < -0.4 is 31.7 Å². The number of nitrogens with one attached hydrogen (secondary N) is 5. The molecule has 220 valence electrons. The molecule has 41 heavy (non-hydrogen) atoms. The number of dihydropyridines is 1. The van der Waals surface area contributed by atoms with Gasteiger partial charge in [-0.15, -0.1) is 0 Å². The van der Waals surface area contributed by atoms with Crippen LogP contribution in [-0.2, 0) is 16.1 Å². The first-order valence-corrected chi connectivity index (χ1v) is 14.6. The Morgan fingerprint density at radius 3 is 2.88 bits per heavy atom. The topological polar surface area (TPSA) is 137 Å². The van der Waals surface area contributed by atoms with Crippen LogP contribution in [0.25, 0.3) is 0 Å². The SMILES string of the molecule is COCCn1cc(Nc2ncc3c(n2)N(C)NC3NC2=CC(C(=O)NCCN3CCCC34CCC4)=CNC2C)cn1. The average Bonchev–Trinajstić information content (AvgIpc) is 3.66. The predicted molar refractivity (Wildman–Crippen MR) is 156 cm³/mol. The van der Waals surface area contributed by atoms with E-state index in [0.29, 0.717) is 36.8 Å². The number of ether oxygens (including phenoxy) is 1. The molecule has 2 atom stereocenters. The van der Waals surface area contributed by atoms with Gasteiger partial charge in [-0.05, 0) is 51.6 Å². The van der Waals surface area contributed by atoms with Crippen molar-refractivity contribution in [2.45, 2.75) is 63.3 Å². The minimum atomic E-state index is -0.243. The molecule has 3 aliphatic heterocycles. The number of methoxy groups -OCH3 is 1. The summed E-state index contributed by atoms with van der Waals surface area (Å²) in [7, 11) is 3.59. The van der Waals surface area contributed by atoms with E-state index in [-0.39, 0.29) is 18.1 Å². The Morgan fingerprint density at radius 1 is 1.22 bits per heavy atom. The van der Waals surface area contributed by atoms with Crippen LogP contribution >= 0.6 is 0 Å². The van der Waals surface area contributed by atoms with Gasteiger partial charge in [0.25, 0.3) is 5.91 Å². The molecule has 1 saturated heterocycles. The molecule has 2 aromatic rings. The van der Waals surface area contributed by atoms with Crippen LogP contribution in [0.4, 0.5) is 17.5 Å². The van der Waals surface area contributed by atoms with Crippen molar-refractivity contribution in [2.24, 2.45) is 0 Å². The predicted octanol–water partition coefficient (Wildman–Crippen LogP) is 1.50. The molecule has 1 amide bonds. The largest absolute Gasteiger partial charge is 0.383 e. The Labute approximate surface area is 240 Å². The maximum atomic E-state index is 13.0. The number of hydrazine groups is 1. The lowest BCUT2D eigenvalue weighted by Crippen LogP contribution is -2.51. The molecule has 2 aromatic heterocycles. The number of likely N-dealkylation sites (tertiary alicyclic amines) is 1. The Hall–Kier alpha value is -3.68. The van der Waals surface area contributed by atoms with Crippen molar-refractivity contribution < 1.29 is 9.53 Å². The molecule has 0 radical (unpaired) electrons. The summed E-state index contributed by atoms with van der Waals surface area (Å²) in [5.41, 5.74) is 7.07. The van der Waals surface area contributed by atoms with Crippen LogP contribution in [0, 0.1) is 0 Å². The van der Waals surface area contributed by atoms with Crippen molar-refractivity contribution in [1.29, 1.82) is 0 Å². The minimum absolute atomic E-state index is 0.0160. The third-order valence-corrected chi connectivity index (χ3v) is 8.69. The van der Waals surface area contributed by atoms with Crippen LogP contribution in [0.1, 0.15) is 50.8 Å². The van der Waals surface area contributed by atoms with Crippen LogP contribution in [0.2, 0.25) is 0 Å². The van der Waals surface area contributed by atoms with Crippen LogP contribution in [0.5, 0.6) is 0 Å². The second kappa shape index (κ2) is 11.7. The quantitative estimate of drug-likeness (QED) is 0.272. The number of nitrogens with zero attached hydrogens (tertiary/aromatic N) is 6. The highest BCUT2D eigenvalue weighted by Gasteiger charge is 2.44. The number of aromatic nitrogens is 4. The second-order valence-electron chi connectivity index (χ2n) is 11.4. The van der Waals surface area contributed by atoms with E-state index in [1.54, 1.807) is 24.2 Å². The number of anilines is 3. The maximum Gasteiger partial charge on any atom is 0.252 e. The molecular formula is C28H41N11O2. The normalized spacial score (nSPS) is 23.0. The minimum Gasteiger partial charge on any atom is -0.383 e. The summed E-state index contributed by atoms with van der Waals surface area (Å²) in [6.07, 6.45) is 15.5. The zero-order valence-electron chi connectivity index (χ0n) is 24.1. The Kier molecular flexibility index (Phi) is 7.82. The highest BCUT2D eigenvalue weighted by Crippen LogP contribution is 2.45. The molecule has 13 nitrogen and oxygen atoms in total. The van der Waals surface area contributed by atoms with Crippen molar-refractivity contribution in [2.75, 3.05) is 50.7 Å². The molecule has 0 aromatic carbocycles. The van der Waals surface area contributed by atoms with Gasteiger partial charge in [-0.25, -0.2) is 10.4 Å². The van der Waals surface area contributed by atoms with E-state index >= 15 is 0 Å². The van der Waals surface area contributed by atoms with Gasteiger partial charge in [-0.2, -0.15) is 10.1 Å². The summed E-state index contributed by atoms with van der Waals surface area (Å²) >= 11 is 0. The summed E-state index contributed by atoms with van der Waals surface area (Å²) < 4.78 is 6.92.